The van der Waals surface area contributed by atoms with Crippen molar-refractivity contribution in [2.75, 3.05) is 26.3 Å². The van der Waals surface area contributed by atoms with E-state index in [1.165, 1.54) is 0 Å². The van der Waals surface area contributed by atoms with Gasteiger partial charge in [-0.1, -0.05) is 30.3 Å². The van der Waals surface area contributed by atoms with E-state index in [2.05, 4.69) is 63.5 Å². The van der Waals surface area contributed by atoms with Crippen LogP contribution in [0.1, 0.15) is 30.0 Å². The highest BCUT2D eigenvalue weighted by Gasteiger charge is 2.35. The van der Waals surface area contributed by atoms with Gasteiger partial charge in [0, 0.05) is 62.0 Å². The minimum atomic E-state index is 0.222. The van der Waals surface area contributed by atoms with Crippen LogP contribution in [-0.2, 0) is 11.8 Å². The number of phenolic OH excluding ortho intramolecular Hbond substituents is 1. The summed E-state index contributed by atoms with van der Waals surface area (Å²) in [6.07, 6.45) is 4.17. The summed E-state index contributed by atoms with van der Waals surface area (Å²) in [5, 5.41) is 24.7. The van der Waals surface area contributed by atoms with Gasteiger partial charge in [0.05, 0.1) is 23.3 Å². The molecule has 0 spiro atoms. The minimum absolute atomic E-state index is 0.222. The number of aromatic hydroxyl groups is 1. The second kappa shape index (κ2) is 10.1. The van der Waals surface area contributed by atoms with Crippen LogP contribution in [0.5, 0.6) is 5.75 Å². The van der Waals surface area contributed by atoms with Gasteiger partial charge in [0.25, 0.3) is 0 Å². The molecule has 0 amide bonds. The van der Waals surface area contributed by atoms with Crippen molar-refractivity contribution in [2.45, 2.75) is 31.7 Å². The number of aryl methyl sites for hydroxylation is 2. The third-order valence-electron chi connectivity index (χ3n) is 8.28. The lowest BCUT2D eigenvalue weighted by Gasteiger charge is -2.45. The first-order valence-corrected chi connectivity index (χ1v) is 13.9. The van der Waals surface area contributed by atoms with Gasteiger partial charge >= 0.3 is 0 Å². The van der Waals surface area contributed by atoms with E-state index in [0.717, 1.165) is 95.1 Å². The molecule has 2 saturated heterocycles. The molecule has 5 heterocycles. The predicted octanol–water partition coefficient (Wildman–Crippen LogP) is 5.35. The van der Waals surface area contributed by atoms with Crippen molar-refractivity contribution in [2.24, 2.45) is 7.05 Å². The van der Waals surface area contributed by atoms with Crippen molar-refractivity contribution in [1.29, 1.82) is 0 Å². The average Bonchev–Trinajstić information content (AvgIpc) is 3.34. The number of pyridine rings is 1. The molecule has 2 aliphatic rings. The molecule has 0 radical (unpaired) electrons. The fourth-order valence-electron chi connectivity index (χ4n) is 6.03. The second-order valence-electron chi connectivity index (χ2n) is 11.0. The van der Waals surface area contributed by atoms with E-state index < -0.39 is 0 Å². The number of fused-ring (bicyclic) bond motifs is 1. The second-order valence-corrected chi connectivity index (χ2v) is 11.0. The molecule has 8 nitrogen and oxygen atoms in total. The Morgan fingerprint density at radius 1 is 0.875 bits per heavy atom. The van der Waals surface area contributed by atoms with E-state index in [1.807, 2.05) is 31.4 Å². The van der Waals surface area contributed by atoms with Crippen LogP contribution in [0.4, 0.5) is 0 Å². The standard InChI is InChI=1S/C32H32N6O2/c1-20-15-29(33-30-19-37(2)36-32(20)30)21-7-8-24(26(16-21)25-5-3-4-6-31(25)39)28-10-9-27(34-35-28)22-17-38(18-22)23-11-13-40-14-12-23/h3-10,15-16,19,22-23,39H,11-14,17-18H2,1-2H3. The van der Waals surface area contributed by atoms with E-state index in [9.17, 15) is 5.11 Å². The van der Waals surface area contributed by atoms with Crippen molar-refractivity contribution in [3.63, 3.8) is 0 Å². The summed E-state index contributed by atoms with van der Waals surface area (Å²) in [7, 11) is 1.91. The van der Waals surface area contributed by atoms with E-state index >= 15 is 0 Å². The van der Waals surface area contributed by atoms with Crippen molar-refractivity contribution < 1.29 is 9.84 Å². The van der Waals surface area contributed by atoms with Gasteiger partial charge in [0.15, 0.2) is 0 Å². The van der Waals surface area contributed by atoms with Crippen molar-refractivity contribution in [1.82, 2.24) is 29.9 Å². The summed E-state index contributed by atoms with van der Waals surface area (Å²) in [5.74, 6) is 0.640. The van der Waals surface area contributed by atoms with Crippen LogP contribution in [0.3, 0.4) is 0 Å². The van der Waals surface area contributed by atoms with Gasteiger partial charge in [-0.15, -0.1) is 0 Å². The lowest BCUT2D eigenvalue weighted by atomic mass is 9.91. The van der Waals surface area contributed by atoms with Gasteiger partial charge in [0.1, 0.15) is 16.8 Å². The predicted molar refractivity (Wildman–Crippen MR) is 155 cm³/mol. The molecule has 0 unspecified atom stereocenters. The molecule has 0 aliphatic carbocycles. The molecule has 7 rings (SSSR count). The summed E-state index contributed by atoms with van der Waals surface area (Å²) < 4.78 is 7.31. The van der Waals surface area contributed by atoms with Crippen LogP contribution < -0.4 is 0 Å². The molecule has 8 heteroatoms. The monoisotopic (exact) mass is 532 g/mol. The summed E-state index contributed by atoms with van der Waals surface area (Å²) in [6.45, 7) is 5.85. The molecule has 0 saturated carbocycles. The number of likely N-dealkylation sites (tertiary alicyclic amines) is 1. The van der Waals surface area contributed by atoms with Gasteiger partial charge in [-0.3, -0.25) is 9.58 Å². The third kappa shape index (κ3) is 4.53. The lowest BCUT2D eigenvalue weighted by Crippen LogP contribution is -2.52. The number of para-hydroxylation sites is 1. The number of phenols is 1. The van der Waals surface area contributed by atoms with Crippen LogP contribution in [-0.4, -0.2) is 67.3 Å². The number of rotatable bonds is 5. The quantitative estimate of drug-likeness (QED) is 0.326. The minimum Gasteiger partial charge on any atom is -0.507 e. The Balaban J connectivity index is 1.22. The Bertz CT molecular complexity index is 1680. The zero-order valence-corrected chi connectivity index (χ0v) is 22.8. The Morgan fingerprint density at radius 2 is 1.70 bits per heavy atom. The van der Waals surface area contributed by atoms with E-state index in [1.54, 1.807) is 10.7 Å². The fraction of sp³-hybridized carbons (Fsp3) is 0.312. The smallest absolute Gasteiger partial charge is 0.123 e. The van der Waals surface area contributed by atoms with Crippen LogP contribution >= 0.6 is 0 Å². The molecule has 3 aromatic heterocycles. The average molecular weight is 533 g/mol. The first kappa shape index (κ1) is 24.9. The van der Waals surface area contributed by atoms with Gasteiger partial charge in [-0.25, -0.2) is 4.98 Å². The Kier molecular flexibility index (Phi) is 6.29. The lowest BCUT2D eigenvalue weighted by molar-refractivity contribution is 0.000892. The van der Waals surface area contributed by atoms with Crippen LogP contribution in [0.15, 0.2) is 66.9 Å². The molecule has 0 bridgehead atoms. The molecular weight excluding hydrogens is 500 g/mol. The van der Waals surface area contributed by atoms with Gasteiger partial charge < -0.3 is 9.84 Å². The van der Waals surface area contributed by atoms with Gasteiger partial charge in [-0.05, 0) is 61.2 Å². The van der Waals surface area contributed by atoms with E-state index in [-0.39, 0.29) is 5.75 Å². The number of benzene rings is 2. The molecule has 40 heavy (non-hydrogen) atoms. The first-order chi connectivity index (χ1) is 19.5. The summed E-state index contributed by atoms with van der Waals surface area (Å²) >= 11 is 0. The number of hydrogen-bond acceptors (Lipinski definition) is 7. The molecule has 1 N–H and O–H groups in total. The zero-order valence-electron chi connectivity index (χ0n) is 22.8. The molecular formula is C32H32N6O2. The summed E-state index contributed by atoms with van der Waals surface area (Å²) in [4.78, 5) is 7.44. The van der Waals surface area contributed by atoms with Gasteiger partial charge in [0.2, 0.25) is 0 Å². The molecule has 5 aromatic rings. The van der Waals surface area contributed by atoms with Crippen LogP contribution in [0.25, 0.3) is 44.7 Å². The van der Waals surface area contributed by atoms with Crippen molar-refractivity contribution in [3.05, 3.63) is 78.1 Å². The summed E-state index contributed by atoms with van der Waals surface area (Å²) in [5.41, 5.74) is 9.03. The Hall–Kier alpha value is -4.14. The number of aromatic nitrogens is 5. The number of ether oxygens (including phenoxy) is 1. The van der Waals surface area contributed by atoms with Gasteiger partial charge in [-0.2, -0.15) is 15.3 Å². The molecule has 202 valence electrons. The zero-order chi connectivity index (χ0) is 27.2. The highest BCUT2D eigenvalue weighted by Crippen LogP contribution is 2.39. The van der Waals surface area contributed by atoms with Crippen LogP contribution in [0, 0.1) is 6.92 Å². The van der Waals surface area contributed by atoms with E-state index in [0.29, 0.717) is 12.0 Å². The Morgan fingerprint density at radius 3 is 2.48 bits per heavy atom. The molecule has 2 aromatic carbocycles. The van der Waals surface area contributed by atoms with Crippen molar-refractivity contribution in [3.8, 4) is 39.4 Å². The highest BCUT2D eigenvalue weighted by atomic mass is 16.5. The molecule has 0 atom stereocenters. The number of nitrogens with zero attached hydrogens (tertiary/aromatic N) is 6. The maximum absolute atomic E-state index is 10.8. The van der Waals surface area contributed by atoms with Crippen LogP contribution in [0.2, 0.25) is 0 Å². The maximum atomic E-state index is 10.8. The third-order valence-corrected chi connectivity index (χ3v) is 8.28. The Labute approximate surface area is 233 Å². The number of hydrogen-bond donors (Lipinski definition) is 1. The topological polar surface area (TPSA) is 89.2 Å². The normalized spacial score (nSPS) is 16.9. The fourth-order valence-corrected chi connectivity index (χ4v) is 6.03. The largest absolute Gasteiger partial charge is 0.507 e. The SMILES string of the molecule is Cc1cc(-c2ccc(-c3ccc(C4CN(C5CCOCC5)C4)nn3)c(-c3ccccc3O)c2)nc2cn(C)nc12. The first-order valence-electron chi connectivity index (χ1n) is 13.9. The molecule has 2 aliphatic heterocycles. The van der Waals surface area contributed by atoms with E-state index in [4.69, 9.17) is 9.72 Å². The van der Waals surface area contributed by atoms with Crippen molar-refractivity contribution >= 4 is 11.0 Å². The molecule has 2 fully saturated rings. The summed E-state index contributed by atoms with van der Waals surface area (Å²) in [6, 6.07) is 20.5. The maximum Gasteiger partial charge on any atom is 0.123 e. The highest BCUT2D eigenvalue weighted by molar-refractivity contribution is 5.89.